The predicted octanol–water partition coefficient (Wildman–Crippen LogP) is 1.77. The molecule has 0 aliphatic carbocycles. The van der Waals surface area contributed by atoms with Gasteiger partial charge in [0.1, 0.15) is 12.0 Å². The Bertz CT molecular complexity index is 303. The fourth-order valence-corrected chi connectivity index (χ4v) is 1.50. The smallest absolute Gasteiger partial charge is 0.214 e. The number of anilines is 1. The Balaban J connectivity index is 2.16. The SMILES string of the molecule is Fc1cccc(N2CC[C@@H](F)C2)n1. The van der Waals surface area contributed by atoms with Crippen molar-refractivity contribution >= 4 is 5.82 Å². The van der Waals surface area contributed by atoms with E-state index in [0.29, 0.717) is 25.3 Å². The highest BCUT2D eigenvalue weighted by Gasteiger charge is 2.22. The van der Waals surface area contributed by atoms with Gasteiger partial charge in [0.25, 0.3) is 0 Å². The third-order valence-corrected chi connectivity index (χ3v) is 2.16. The summed E-state index contributed by atoms with van der Waals surface area (Å²) < 4.78 is 25.5. The van der Waals surface area contributed by atoms with Crippen LogP contribution in [0.15, 0.2) is 18.2 Å². The Kier molecular flexibility index (Phi) is 2.12. The molecule has 70 valence electrons. The summed E-state index contributed by atoms with van der Waals surface area (Å²) >= 11 is 0. The fraction of sp³-hybridized carbons (Fsp3) is 0.444. The van der Waals surface area contributed by atoms with Crippen molar-refractivity contribution < 1.29 is 8.78 Å². The molecule has 1 fully saturated rings. The molecule has 13 heavy (non-hydrogen) atoms. The van der Waals surface area contributed by atoms with Gasteiger partial charge in [-0.25, -0.2) is 9.37 Å². The molecule has 1 aliphatic heterocycles. The Morgan fingerprint density at radius 3 is 2.92 bits per heavy atom. The van der Waals surface area contributed by atoms with Crippen molar-refractivity contribution in [1.29, 1.82) is 0 Å². The van der Waals surface area contributed by atoms with Crippen LogP contribution in [-0.4, -0.2) is 24.2 Å². The lowest BCUT2D eigenvalue weighted by Gasteiger charge is -2.15. The molecule has 0 bridgehead atoms. The molecule has 1 aromatic rings. The maximum Gasteiger partial charge on any atom is 0.214 e. The molecule has 0 N–H and O–H groups in total. The van der Waals surface area contributed by atoms with Crippen LogP contribution >= 0.6 is 0 Å². The molecule has 0 saturated carbocycles. The number of nitrogens with zero attached hydrogens (tertiary/aromatic N) is 2. The van der Waals surface area contributed by atoms with Crippen molar-refractivity contribution in [2.24, 2.45) is 0 Å². The molecule has 2 heterocycles. The summed E-state index contributed by atoms with van der Waals surface area (Å²) in [7, 11) is 0. The summed E-state index contributed by atoms with van der Waals surface area (Å²) in [5, 5.41) is 0. The van der Waals surface area contributed by atoms with Gasteiger partial charge in [-0.15, -0.1) is 0 Å². The summed E-state index contributed by atoms with van der Waals surface area (Å²) in [5.41, 5.74) is 0. The highest BCUT2D eigenvalue weighted by molar-refractivity contribution is 5.39. The molecule has 0 spiro atoms. The van der Waals surface area contributed by atoms with Gasteiger partial charge in [0, 0.05) is 6.54 Å². The number of halogens is 2. The number of hydrogen-bond acceptors (Lipinski definition) is 2. The summed E-state index contributed by atoms with van der Waals surface area (Å²) in [6.07, 6.45) is -0.289. The lowest BCUT2D eigenvalue weighted by molar-refractivity contribution is 0.364. The van der Waals surface area contributed by atoms with Crippen LogP contribution in [-0.2, 0) is 0 Å². The first-order valence-corrected chi connectivity index (χ1v) is 4.27. The Morgan fingerprint density at radius 1 is 1.46 bits per heavy atom. The first-order valence-electron chi connectivity index (χ1n) is 4.27. The van der Waals surface area contributed by atoms with Crippen LogP contribution in [0.25, 0.3) is 0 Å². The molecular weight excluding hydrogens is 174 g/mol. The summed E-state index contributed by atoms with van der Waals surface area (Å²) in [6, 6.07) is 4.57. The molecule has 1 aromatic heterocycles. The minimum absolute atomic E-state index is 0.330. The maximum atomic E-state index is 12.8. The van der Waals surface area contributed by atoms with Crippen molar-refractivity contribution in [3.63, 3.8) is 0 Å². The molecular formula is C9H10F2N2. The van der Waals surface area contributed by atoms with Crippen molar-refractivity contribution in [3.8, 4) is 0 Å². The van der Waals surface area contributed by atoms with E-state index in [1.165, 1.54) is 6.07 Å². The van der Waals surface area contributed by atoms with E-state index in [4.69, 9.17) is 0 Å². The molecule has 1 atom stereocenters. The minimum Gasteiger partial charge on any atom is -0.354 e. The van der Waals surface area contributed by atoms with Crippen molar-refractivity contribution in [1.82, 2.24) is 4.98 Å². The van der Waals surface area contributed by atoms with Crippen LogP contribution in [0.2, 0.25) is 0 Å². The first-order chi connectivity index (χ1) is 6.25. The Labute approximate surface area is 75.2 Å². The molecule has 4 heteroatoms. The van der Waals surface area contributed by atoms with Gasteiger partial charge in [-0.05, 0) is 18.6 Å². The third-order valence-electron chi connectivity index (χ3n) is 2.16. The van der Waals surface area contributed by atoms with Crippen molar-refractivity contribution in [2.45, 2.75) is 12.6 Å². The van der Waals surface area contributed by atoms with Crippen molar-refractivity contribution in [2.75, 3.05) is 18.0 Å². The predicted molar refractivity (Wildman–Crippen MR) is 45.9 cm³/mol. The minimum atomic E-state index is -0.801. The van der Waals surface area contributed by atoms with E-state index in [9.17, 15) is 8.78 Å². The molecule has 0 unspecified atom stereocenters. The van der Waals surface area contributed by atoms with E-state index >= 15 is 0 Å². The van der Waals surface area contributed by atoms with Gasteiger partial charge in [-0.1, -0.05) is 6.07 Å². The maximum absolute atomic E-state index is 12.8. The van der Waals surface area contributed by atoms with Crippen molar-refractivity contribution in [3.05, 3.63) is 24.1 Å². The van der Waals surface area contributed by atoms with E-state index in [1.54, 1.807) is 17.0 Å². The number of aromatic nitrogens is 1. The summed E-state index contributed by atoms with van der Waals surface area (Å²) in [5.74, 6) is 0.0139. The third kappa shape index (κ3) is 1.76. The van der Waals surface area contributed by atoms with Gasteiger partial charge in [-0.3, -0.25) is 0 Å². The second-order valence-electron chi connectivity index (χ2n) is 3.15. The summed E-state index contributed by atoms with van der Waals surface area (Å²) in [6.45, 7) is 0.952. The van der Waals surface area contributed by atoms with E-state index < -0.39 is 12.1 Å². The molecule has 2 nitrogen and oxygen atoms in total. The highest BCUT2D eigenvalue weighted by Crippen LogP contribution is 2.19. The average Bonchev–Trinajstić information content (AvgIpc) is 2.52. The van der Waals surface area contributed by atoms with Crippen LogP contribution in [0.1, 0.15) is 6.42 Å². The molecule has 1 aliphatic rings. The second-order valence-corrected chi connectivity index (χ2v) is 3.15. The van der Waals surface area contributed by atoms with Gasteiger partial charge < -0.3 is 4.90 Å². The first kappa shape index (κ1) is 8.41. The lowest BCUT2D eigenvalue weighted by atomic mass is 10.3. The summed E-state index contributed by atoms with van der Waals surface area (Å²) in [4.78, 5) is 5.44. The lowest BCUT2D eigenvalue weighted by Crippen LogP contribution is -2.21. The van der Waals surface area contributed by atoms with Gasteiger partial charge in [0.2, 0.25) is 5.95 Å². The van der Waals surface area contributed by atoms with E-state index in [0.717, 1.165) is 0 Å². The Morgan fingerprint density at radius 2 is 2.31 bits per heavy atom. The van der Waals surface area contributed by atoms with Gasteiger partial charge in [0.05, 0.1) is 6.54 Å². The molecule has 0 amide bonds. The van der Waals surface area contributed by atoms with Gasteiger partial charge >= 0.3 is 0 Å². The normalized spacial score (nSPS) is 22.3. The largest absolute Gasteiger partial charge is 0.354 e. The van der Waals surface area contributed by atoms with Crippen LogP contribution in [0.4, 0.5) is 14.6 Å². The van der Waals surface area contributed by atoms with E-state index in [1.807, 2.05) is 0 Å². The quantitative estimate of drug-likeness (QED) is 0.618. The van der Waals surface area contributed by atoms with Gasteiger partial charge in [0.15, 0.2) is 0 Å². The monoisotopic (exact) mass is 184 g/mol. The zero-order chi connectivity index (χ0) is 9.26. The second kappa shape index (κ2) is 3.28. The number of pyridine rings is 1. The fourth-order valence-electron chi connectivity index (χ4n) is 1.50. The van der Waals surface area contributed by atoms with Crippen LogP contribution in [0.3, 0.4) is 0 Å². The van der Waals surface area contributed by atoms with Crippen LogP contribution < -0.4 is 4.90 Å². The highest BCUT2D eigenvalue weighted by atomic mass is 19.1. The Hall–Kier alpha value is -1.19. The zero-order valence-corrected chi connectivity index (χ0v) is 7.08. The average molecular weight is 184 g/mol. The topological polar surface area (TPSA) is 16.1 Å². The molecule has 0 aromatic carbocycles. The molecule has 2 rings (SSSR count). The molecule has 1 saturated heterocycles. The standard InChI is InChI=1S/C9H10F2N2/c10-7-4-5-13(6-7)9-3-1-2-8(11)12-9/h1-3,7H,4-6H2/t7-/m1/s1. The number of hydrogen-bond donors (Lipinski definition) is 0. The zero-order valence-electron chi connectivity index (χ0n) is 7.08. The number of rotatable bonds is 1. The number of alkyl halides is 1. The van der Waals surface area contributed by atoms with E-state index in [-0.39, 0.29) is 0 Å². The van der Waals surface area contributed by atoms with Crippen LogP contribution in [0, 0.1) is 5.95 Å². The molecule has 0 radical (unpaired) electrons. The van der Waals surface area contributed by atoms with Crippen LogP contribution in [0.5, 0.6) is 0 Å². The van der Waals surface area contributed by atoms with E-state index in [2.05, 4.69) is 4.98 Å². The van der Waals surface area contributed by atoms with Gasteiger partial charge in [-0.2, -0.15) is 4.39 Å².